The van der Waals surface area contributed by atoms with E-state index in [4.69, 9.17) is 0 Å². The molecule has 1 aliphatic heterocycles. The van der Waals surface area contributed by atoms with Crippen molar-refractivity contribution in [1.82, 2.24) is 4.98 Å². The molecule has 136 valence electrons. The molecular formula is C21H17F2N3O. The molecule has 0 bridgehead atoms. The van der Waals surface area contributed by atoms with E-state index in [1.54, 1.807) is 12.3 Å². The van der Waals surface area contributed by atoms with Crippen molar-refractivity contribution in [3.05, 3.63) is 89.2 Å². The topological polar surface area (TPSA) is 45.2 Å². The van der Waals surface area contributed by atoms with Crippen LogP contribution >= 0.6 is 0 Å². The minimum Gasteiger partial charge on any atom is -0.366 e. The second-order valence-electron chi connectivity index (χ2n) is 6.42. The molecule has 0 radical (unpaired) electrons. The zero-order valence-corrected chi connectivity index (χ0v) is 14.5. The van der Waals surface area contributed by atoms with Gasteiger partial charge in [-0.1, -0.05) is 30.3 Å². The van der Waals surface area contributed by atoms with Crippen molar-refractivity contribution >= 4 is 17.3 Å². The summed E-state index contributed by atoms with van der Waals surface area (Å²) in [6, 6.07) is 13.4. The van der Waals surface area contributed by atoms with Gasteiger partial charge in [0.05, 0.1) is 17.4 Å². The second kappa shape index (κ2) is 7.15. The minimum atomic E-state index is -0.819. The van der Waals surface area contributed by atoms with Gasteiger partial charge in [0.1, 0.15) is 17.3 Å². The summed E-state index contributed by atoms with van der Waals surface area (Å²) in [7, 11) is 0. The summed E-state index contributed by atoms with van der Waals surface area (Å²) in [4.78, 5) is 18.7. The number of aromatic nitrogens is 1. The van der Waals surface area contributed by atoms with Crippen molar-refractivity contribution in [3.8, 4) is 0 Å². The number of anilines is 2. The second-order valence-corrected chi connectivity index (χ2v) is 6.42. The fraction of sp³-hybridized carbons (Fsp3) is 0.143. The van der Waals surface area contributed by atoms with Crippen molar-refractivity contribution in [2.75, 3.05) is 16.8 Å². The molecule has 0 saturated carbocycles. The fourth-order valence-corrected chi connectivity index (χ4v) is 3.24. The Bertz CT molecular complexity index is 986. The first-order chi connectivity index (χ1) is 13.1. The first-order valence-electron chi connectivity index (χ1n) is 8.64. The van der Waals surface area contributed by atoms with E-state index in [-0.39, 0.29) is 5.56 Å². The maximum atomic E-state index is 13.8. The van der Waals surface area contributed by atoms with Gasteiger partial charge in [-0.2, -0.15) is 0 Å². The van der Waals surface area contributed by atoms with Gasteiger partial charge in [-0.25, -0.2) is 8.78 Å². The molecule has 0 saturated heterocycles. The highest BCUT2D eigenvalue weighted by molar-refractivity contribution is 6.04. The van der Waals surface area contributed by atoms with Crippen LogP contribution in [0.1, 0.15) is 21.5 Å². The van der Waals surface area contributed by atoms with Gasteiger partial charge >= 0.3 is 0 Å². The summed E-state index contributed by atoms with van der Waals surface area (Å²) in [6.45, 7) is 1.54. The lowest BCUT2D eigenvalue weighted by Crippen LogP contribution is -2.30. The SMILES string of the molecule is O=C(Nc1c(F)cccc1F)c1cncc(N2CCc3ccccc3C2)c1. The van der Waals surface area contributed by atoms with Gasteiger partial charge in [0.15, 0.2) is 0 Å². The molecule has 4 rings (SSSR count). The Labute approximate surface area is 155 Å². The number of hydrogen-bond donors (Lipinski definition) is 1. The molecule has 1 aliphatic rings. The number of carbonyl (C=O) groups is 1. The average Bonchev–Trinajstić information content (AvgIpc) is 2.70. The predicted octanol–water partition coefficient (Wildman–Crippen LogP) is 4.17. The van der Waals surface area contributed by atoms with Gasteiger partial charge < -0.3 is 10.2 Å². The van der Waals surface area contributed by atoms with Gasteiger partial charge in [-0.05, 0) is 35.7 Å². The van der Waals surface area contributed by atoms with Crippen LogP contribution in [0, 0.1) is 11.6 Å². The van der Waals surface area contributed by atoms with Crippen LogP contribution < -0.4 is 10.2 Å². The summed E-state index contributed by atoms with van der Waals surface area (Å²) < 4.78 is 27.5. The Morgan fingerprint density at radius 1 is 1.00 bits per heavy atom. The minimum absolute atomic E-state index is 0.244. The van der Waals surface area contributed by atoms with Crippen LogP contribution in [0.3, 0.4) is 0 Å². The van der Waals surface area contributed by atoms with Crippen molar-refractivity contribution in [2.24, 2.45) is 0 Å². The molecule has 0 fully saturated rings. The Morgan fingerprint density at radius 3 is 2.52 bits per heavy atom. The van der Waals surface area contributed by atoms with E-state index in [2.05, 4.69) is 27.3 Å². The molecule has 1 aromatic heterocycles. The molecule has 4 nitrogen and oxygen atoms in total. The van der Waals surface area contributed by atoms with Crippen molar-refractivity contribution in [1.29, 1.82) is 0 Å². The molecule has 2 heterocycles. The zero-order chi connectivity index (χ0) is 18.8. The average molecular weight is 365 g/mol. The maximum absolute atomic E-state index is 13.8. The highest BCUT2D eigenvalue weighted by Gasteiger charge is 2.19. The number of hydrogen-bond acceptors (Lipinski definition) is 3. The number of amides is 1. The van der Waals surface area contributed by atoms with E-state index in [9.17, 15) is 13.6 Å². The number of rotatable bonds is 3. The van der Waals surface area contributed by atoms with Gasteiger partial charge in [0.25, 0.3) is 5.91 Å². The summed E-state index contributed by atoms with van der Waals surface area (Å²) in [6.07, 6.45) is 3.98. The molecule has 3 aromatic rings. The fourth-order valence-electron chi connectivity index (χ4n) is 3.24. The lowest BCUT2D eigenvalue weighted by atomic mass is 9.99. The largest absolute Gasteiger partial charge is 0.366 e. The molecular weight excluding hydrogens is 348 g/mol. The van der Waals surface area contributed by atoms with E-state index < -0.39 is 23.2 Å². The molecule has 1 amide bonds. The number of nitrogens with one attached hydrogen (secondary N) is 1. The first-order valence-corrected chi connectivity index (χ1v) is 8.64. The van der Waals surface area contributed by atoms with Crippen LogP contribution in [0.2, 0.25) is 0 Å². The normalized spacial score (nSPS) is 13.2. The summed E-state index contributed by atoms with van der Waals surface area (Å²) >= 11 is 0. The molecule has 0 spiro atoms. The molecule has 27 heavy (non-hydrogen) atoms. The van der Waals surface area contributed by atoms with E-state index in [0.29, 0.717) is 0 Å². The number of nitrogens with zero attached hydrogens (tertiary/aromatic N) is 2. The van der Waals surface area contributed by atoms with Crippen molar-refractivity contribution in [2.45, 2.75) is 13.0 Å². The monoisotopic (exact) mass is 365 g/mol. The number of benzene rings is 2. The van der Waals surface area contributed by atoms with Crippen LogP contribution in [0.5, 0.6) is 0 Å². The van der Waals surface area contributed by atoms with E-state index in [1.165, 1.54) is 23.4 Å². The number of fused-ring (bicyclic) bond motifs is 1. The summed E-state index contributed by atoms with van der Waals surface area (Å²) in [5, 5.41) is 2.29. The smallest absolute Gasteiger partial charge is 0.257 e. The van der Waals surface area contributed by atoms with E-state index in [0.717, 1.165) is 37.3 Å². The predicted molar refractivity (Wildman–Crippen MR) is 99.7 cm³/mol. The van der Waals surface area contributed by atoms with Crippen molar-refractivity contribution in [3.63, 3.8) is 0 Å². The Morgan fingerprint density at radius 2 is 1.74 bits per heavy atom. The molecule has 0 unspecified atom stereocenters. The highest BCUT2D eigenvalue weighted by atomic mass is 19.1. The Balaban J connectivity index is 1.55. The zero-order valence-electron chi connectivity index (χ0n) is 14.5. The Kier molecular flexibility index (Phi) is 4.54. The molecule has 0 atom stereocenters. The van der Waals surface area contributed by atoms with Crippen LogP contribution in [0.4, 0.5) is 20.2 Å². The molecule has 6 heteroatoms. The third kappa shape index (κ3) is 3.51. The molecule has 0 aliphatic carbocycles. The number of pyridine rings is 1. The third-order valence-electron chi connectivity index (χ3n) is 4.68. The third-order valence-corrected chi connectivity index (χ3v) is 4.68. The van der Waals surface area contributed by atoms with Gasteiger partial charge in [-0.3, -0.25) is 9.78 Å². The van der Waals surface area contributed by atoms with Crippen LogP contribution in [-0.2, 0) is 13.0 Å². The number of carbonyl (C=O) groups excluding carboxylic acids is 1. The van der Waals surface area contributed by atoms with Gasteiger partial charge in [-0.15, -0.1) is 0 Å². The quantitative estimate of drug-likeness (QED) is 0.758. The number of para-hydroxylation sites is 1. The lowest BCUT2D eigenvalue weighted by Gasteiger charge is -2.30. The highest BCUT2D eigenvalue weighted by Crippen LogP contribution is 2.25. The van der Waals surface area contributed by atoms with Gasteiger partial charge in [0.2, 0.25) is 0 Å². The van der Waals surface area contributed by atoms with Crippen LogP contribution in [-0.4, -0.2) is 17.4 Å². The van der Waals surface area contributed by atoms with Crippen molar-refractivity contribution < 1.29 is 13.6 Å². The Hall–Kier alpha value is -3.28. The van der Waals surface area contributed by atoms with E-state index in [1.807, 2.05) is 12.1 Å². The standard InChI is InChI=1S/C21H17F2N3O/c22-18-6-3-7-19(23)20(18)25-21(27)16-10-17(12-24-11-16)26-9-8-14-4-1-2-5-15(14)13-26/h1-7,10-12H,8-9,13H2,(H,25,27). The molecule has 2 aromatic carbocycles. The summed E-state index contributed by atoms with van der Waals surface area (Å²) in [5.41, 5.74) is 3.15. The lowest BCUT2D eigenvalue weighted by molar-refractivity contribution is 0.102. The first kappa shape index (κ1) is 17.1. The number of halogens is 2. The van der Waals surface area contributed by atoms with Crippen LogP contribution in [0.15, 0.2) is 60.9 Å². The maximum Gasteiger partial charge on any atom is 0.257 e. The van der Waals surface area contributed by atoms with Crippen LogP contribution in [0.25, 0.3) is 0 Å². The molecule has 1 N–H and O–H groups in total. The van der Waals surface area contributed by atoms with Gasteiger partial charge in [0, 0.05) is 19.3 Å². The van der Waals surface area contributed by atoms with E-state index >= 15 is 0 Å². The summed E-state index contributed by atoms with van der Waals surface area (Å²) in [5.74, 6) is -2.24.